The number of hydrogen-bond donors (Lipinski definition) is 2. The van der Waals surface area contributed by atoms with Crippen LogP contribution in [0.15, 0.2) is 12.3 Å². The predicted molar refractivity (Wildman–Crippen MR) is 93.1 cm³/mol. The summed E-state index contributed by atoms with van der Waals surface area (Å²) >= 11 is 6.87. The van der Waals surface area contributed by atoms with E-state index in [0.717, 1.165) is 34.1 Å². The lowest BCUT2D eigenvalue weighted by Gasteiger charge is -2.17. The molecule has 21 heavy (non-hydrogen) atoms. The van der Waals surface area contributed by atoms with Crippen molar-refractivity contribution < 1.29 is 0 Å². The molecule has 0 spiro atoms. The molecule has 0 amide bonds. The van der Waals surface area contributed by atoms with Gasteiger partial charge in [-0.3, -0.25) is 0 Å². The number of nitrogens with zero attached hydrogens (tertiary/aromatic N) is 2. The molecule has 1 atom stereocenters. The zero-order valence-corrected chi connectivity index (χ0v) is 14.4. The molecule has 0 fully saturated rings. The number of anilines is 1. The van der Waals surface area contributed by atoms with Crippen LogP contribution in [0.3, 0.4) is 0 Å². The van der Waals surface area contributed by atoms with Gasteiger partial charge in [0.05, 0.1) is 11.6 Å². The third kappa shape index (κ3) is 3.57. The van der Waals surface area contributed by atoms with Gasteiger partial charge in [0.25, 0.3) is 0 Å². The van der Waals surface area contributed by atoms with Gasteiger partial charge < -0.3 is 11.1 Å². The van der Waals surface area contributed by atoms with Gasteiger partial charge in [-0.1, -0.05) is 19.1 Å². The number of thiazole rings is 1. The topological polar surface area (TPSA) is 63.8 Å². The number of rotatable bonds is 5. The summed E-state index contributed by atoms with van der Waals surface area (Å²) in [4.78, 5) is 10.7. The van der Waals surface area contributed by atoms with E-state index in [0.29, 0.717) is 4.99 Å². The maximum Gasteiger partial charge on any atom is 0.137 e. The summed E-state index contributed by atoms with van der Waals surface area (Å²) in [5.41, 5.74) is 8.64. The van der Waals surface area contributed by atoms with Gasteiger partial charge in [0.2, 0.25) is 0 Å². The minimum absolute atomic E-state index is 0.0668. The normalized spacial score (nSPS) is 12.2. The lowest BCUT2D eigenvalue weighted by molar-refractivity contribution is 0.857. The zero-order valence-electron chi connectivity index (χ0n) is 12.7. The van der Waals surface area contributed by atoms with Crippen LogP contribution >= 0.6 is 23.6 Å². The lowest BCUT2D eigenvalue weighted by atomic mass is 10.1. The highest BCUT2D eigenvalue weighted by Crippen LogP contribution is 2.26. The summed E-state index contributed by atoms with van der Waals surface area (Å²) in [6.45, 7) is 8.16. The van der Waals surface area contributed by atoms with Crippen LogP contribution < -0.4 is 11.1 Å². The highest BCUT2D eigenvalue weighted by Gasteiger charge is 2.16. The molecule has 0 saturated heterocycles. The molecular formula is C15H20N4S2. The molecule has 3 N–H and O–H groups in total. The Labute approximate surface area is 134 Å². The maximum absolute atomic E-state index is 5.84. The van der Waals surface area contributed by atoms with Crippen molar-refractivity contribution in [3.05, 3.63) is 39.0 Å². The maximum atomic E-state index is 5.84. The average molecular weight is 320 g/mol. The predicted octanol–water partition coefficient (Wildman–Crippen LogP) is 3.52. The highest BCUT2D eigenvalue weighted by molar-refractivity contribution is 7.80. The third-order valence-corrected chi connectivity index (χ3v) is 4.76. The second-order valence-corrected chi connectivity index (χ2v) is 6.64. The first-order valence-electron chi connectivity index (χ1n) is 6.91. The van der Waals surface area contributed by atoms with E-state index in [1.807, 2.05) is 26.1 Å². The Morgan fingerprint density at radius 3 is 2.76 bits per heavy atom. The second-order valence-electron chi connectivity index (χ2n) is 5.05. The number of pyridine rings is 1. The standard InChI is InChI=1S/C15H20N4S2/c1-5-11-7-17-15(21-11)10(4)19-14-12(13(16)20)8(2)6-9(3)18-14/h6-7,10H,5H2,1-4H3,(H2,16,20)(H,18,19). The summed E-state index contributed by atoms with van der Waals surface area (Å²) < 4.78 is 0. The van der Waals surface area contributed by atoms with Gasteiger partial charge in [0.1, 0.15) is 15.8 Å². The first kappa shape index (κ1) is 15.9. The summed E-state index contributed by atoms with van der Waals surface area (Å²) in [6, 6.07) is 2.06. The van der Waals surface area contributed by atoms with E-state index in [4.69, 9.17) is 18.0 Å². The van der Waals surface area contributed by atoms with Crippen LogP contribution in [0, 0.1) is 13.8 Å². The molecule has 2 aromatic heterocycles. The number of nitrogens with one attached hydrogen (secondary N) is 1. The second kappa shape index (κ2) is 6.49. The monoisotopic (exact) mass is 320 g/mol. The van der Waals surface area contributed by atoms with Gasteiger partial charge >= 0.3 is 0 Å². The number of aryl methyl sites for hydroxylation is 3. The van der Waals surface area contributed by atoms with Gasteiger partial charge in [0.15, 0.2) is 0 Å². The third-order valence-electron chi connectivity index (χ3n) is 3.23. The van der Waals surface area contributed by atoms with Crippen LogP contribution in [0.25, 0.3) is 0 Å². The van der Waals surface area contributed by atoms with Gasteiger partial charge in [-0.15, -0.1) is 11.3 Å². The van der Waals surface area contributed by atoms with Gasteiger partial charge in [0, 0.05) is 16.8 Å². The smallest absolute Gasteiger partial charge is 0.137 e. The van der Waals surface area contributed by atoms with Crippen molar-refractivity contribution in [1.82, 2.24) is 9.97 Å². The van der Waals surface area contributed by atoms with Gasteiger partial charge in [-0.2, -0.15) is 0 Å². The SMILES string of the molecule is CCc1cnc(C(C)Nc2nc(C)cc(C)c2C(N)=S)s1. The molecule has 0 bridgehead atoms. The highest BCUT2D eigenvalue weighted by atomic mass is 32.1. The molecule has 0 radical (unpaired) electrons. The number of hydrogen-bond acceptors (Lipinski definition) is 5. The number of aromatic nitrogens is 2. The molecule has 0 aliphatic carbocycles. The molecule has 6 heteroatoms. The van der Waals surface area contributed by atoms with Crippen molar-refractivity contribution in [3.8, 4) is 0 Å². The minimum Gasteiger partial charge on any atom is -0.389 e. The Morgan fingerprint density at radius 2 is 2.19 bits per heavy atom. The average Bonchev–Trinajstić information content (AvgIpc) is 2.85. The zero-order chi connectivity index (χ0) is 15.6. The lowest BCUT2D eigenvalue weighted by Crippen LogP contribution is -2.18. The minimum atomic E-state index is 0.0668. The quantitative estimate of drug-likeness (QED) is 0.825. The Bertz CT molecular complexity index is 664. The molecule has 0 aliphatic rings. The van der Waals surface area contributed by atoms with Crippen molar-refractivity contribution in [2.45, 2.75) is 40.2 Å². The number of thiocarbonyl (C=S) groups is 1. The van der Waals surface area contributed by atoms with Crippen molar-refractivity contribution in [2.24, 2.45) is 5.73 Å². The molecule has 2 aromatic rings. The number of nitrogens with two attached hydrogens (primary N) is 1. The van der Waals surface area contributed by atoms with Crippen LogP contribution in [0.1, 0.15) is 46.6 Å². The van der Waals surface area contributed by atoms with E-state index >= 15 is 0 Å². The summed E-state index contributed by atoms with van der Waals surface area (Å²) in [5, 5.41) is 4.44. The van der Waals surface area contributed by atoms with Crippen LogP contribution in [-0.4, -0.2) is 15.0 Å². The fourth-order valence-electron chi connectivity index (χ4n) is 2.21. The van der Waals surface area contributed by atoms with Crippen LogP contribution in [0.2, 0.25) is 0 Å². The van der Waals surface area contributed by atoms with E-state index in [9.17, 15) is 0 Å². The molecule has 1 unspecified atom stereocenters. The summed E-state index contributed by atoms with van der Waals surface area (Å²) in [5.74, 6) is 0.737. The van der Waals surface area contributed by atoms with E-state index in [2.05, 4.69) is 29.1 Å². The van der Waals surface area contributed by atoms with E-state index in [1.165, 1.54) is 4.88 Å². The molecule has 0 aliphatic heterocycles. The van der Waals surface area contributed by atoms with Crippen molar-refractivity contribution in [1.29, 1.82) is 0 Å². The molecule has 0 aromatic carbocycles. The largest absolute Gasteiger partial charge is 0.389 e. The first-order chi connectivity index (χ1) is 9.92. The first-order valence-corrected chi connectivity index (χ1v) is 8.14. The van der Waals surface area contributed by atoms with Crippen molar-refractivity contribution >= 4 is 34.4 Å². The van der Waals surface area contributed by atoms with E-state index in [1.54, 1.807) is 11.3 Å². The fraction of sp³-hybridized carbons (Fsp3) is 0.400. The van der Waals surface area contributed by atoms with Gasteiger partial charge in [-0.25, -0.2) is 9.97 Å². The van der Waals surface area contributed by atoms with Gasteiger partial charge in [-0.05, 0) is 38.8 Å². The van der Waals surface area contributed by atoms with Crippen LogP contribution in [0.5, 0.6) is 0 Å². The molecule has 2 heterocycles. The fourth-order valence-corrected chi connectivity index (χ4v) is 3.32. The molecule has 2 rings (SSSR count). The molecule has 112 valence electrons. The van der Waals surface area contributed by atoms with E-state index < -0.39 is 0 Å². The summed E-state index contributed by atoms with van der Waals surface area (Å²) in [7, 11) is 0. The Hall–Kier alpha value is -1.53. The van der Waals surface area contributed by atoms with Crippen molar-refractivity contribution in [2.75, 3.05) is 5.32 Å². The Kier molecular flexibility index (Phi) is 4.90. The van der Waals surface area contributed by atoms with Crippen molar-refractivity contribution in [3.63, 3.8) is 0 Å². The molecular weight excluding hydrogens is 300 g/mol. The Balaban J connectivity index is 2.32. The molecule has 0 saturated carbocycles. The Morgan fingerprint density at radius 1 is 1.48 bits per heavy atom. The van der Waals surface area contributed by atoms with Crippen LogP contribution in [0.4, 0.5) is 5.82 Å². The molecule has 4 nitrogen and oxygen atoms in total. The van der Waals surface area contributed by atoms with Crippen LogP contribution in [-0.2, 0) is 6.42 Å². The summed E-state index contributed by atoms with van der Waals surface area (Å²) in [6.07, 6.45) is 2.94. The van der Waals surface area contributed by atoms with E-state index in [-0.39, 0.29) is 6.04 Å².